The Bertz CT molecular complexity index is 880. The molecule has 1 saturated carbocycles. The Balaban J connectivity index is 1.96. The number of aromatic nitrogens is 2. The molecule has 0 radical (unpaired) electrons. The maximum absolute atomic E-state index is 6.66. The Morgan fingerprint density at radius 1 is 1.24 bits per heavy atom. The van der Waals surface area contributed by atoms with Crippen molar-refractivity contribution in [1.82, 2.24) is 14.9 Å². The number of likely N-dealkylation sites (N-methyl/N-ethyl adjacent to an activating group) is 1. The van der Waals surface area contributed by atoms with Crippen LogP contribution >= 0.6 is 0 Å². The minimum atomic E-state index is 0.545. The van der Waals surface area contributed by atoms with Gasteiger partial charge in [-0.1, -0.05) is 41.5 Å². The molecule has 0 atom stereocenters. The van der Waals surface area contributed by atoms with E-state index in [1.807, 2.05) is 32.2 Å². The molecule has 1 aromatic heterocycles. The van der Waals surface area contributed by atoms with Gasteiger partial charge in [0.2, 0.25) is 5.95 Å². The number of nitrogens with zero attached hydrogens (tertiary/aromatic N) is 3. The topological polar surface area (TPSA) is 93.1 Å². The molecule has 3 rings (SSSR count). The van der Waals surface area contributed by atoms with Crippen molar-refractivity contribution in [2.75, 3.05) is 32.0 Å². The molecule has 1 aliphatic rings. The van der Waals surface area contributed by atoms with Gasteiger partial charge in [-0.05, 0) is 44.2 Å². The predicted octanol–water partition coefficient (Wildman–Crippen LogP) is 3.23. The van der Waals surface area contributed by atoms with Crippen LogP contribution in [0.15, 0.2) is 48.2 Å². The molecule has 29 heavy (non-hydrogen) atoms. The molecule has 0 bridgehead atoms. The van der Waals surface area contributed by atoms with Crippen molar-refractivity contribution in [3.8, 4) is 0 Å². The summed E-state index contributed by atoms with van der Waals surface area (Å²) >= 11 is 0. The number of rotatable bonds is 9. The molecule has 0 saturated heterocycles. The lowest BCUT2D eigenvalue weighted by atomic mass is 10.1. The van der Waals surface area contributed by atoms with Crippen molar-refractivity contribution in [1.29, 1.82) is 0 Å². The van der Waals surface area contributed by atoms with Crippen LogP contribution in [-0.4, -0.2) is 41.5 Å². The molecular formula is C23H32N6. The number of aryl methyl sites for hydroxylation is 1. The first-order chi connectivity index (χ1) is 14.0. The van der Waals surface area contributed by atoms with Gasteiger partial charge in [-0.3, -0.25) is 0 Å². The van der Waals surface area contributed by atoms with E-state index in [4.69, 9.17) is 16.5 Å². The normalized spacial score (nSPS) is 15.1. The van der Waals surface area contributed by atoms with Crippen LogP contribution in [0.2, 0.25) is 0 Å². The summed E-state index contributed by atoms with van der Waals surface area (Å²) in [5, 5.41) is 3.35. The highest BCUT2D eigenvalue weighted by molar-refractivity contribution is 5.87. The first-order valence-corrected chi connectivity index (χ1v) is 10.2. The highest BCUT2D eigenvalue weighted by atomic mass is 15.2. The second kappa shape index (κ2) is 9.56. The lowest BCUT2D eigenvalue weighted by molar-refractivity contribution is 0.532. The monoisotopic (exact) mass is 392 g/mol. The third-order valence-electron chi connectivity index (χ3n) is 5.18. The highest BCUT2D eigenvalue weighted by Crippen LogP contribution is 2.29. The molecule has 0 unspecified atom stereocenters. The average molecular weight is 393 g/mol. The summed E-state index contributed by atoms with van der Waals surface area (Å²) in [6, 6.07) is 10.1. The molecule has 1 heterocycles. The van der Waals surface area contributed by atoms with E-state index in [-0.39, 0.29) is 0 Å². The molecule has 1 aliphatic carbocycles. The van der Waals surface area contributed by atoms with Gasteiger partial charge in [0, 0.05) is 32.9 Å². The van der Waals surface area contributed by atoms with E-state index in [1.54, 1.807) is 6.20 Å². The molecule has 2 aromatic rings. The smallest absolute Gasteiger partial charge is 0.223 e. The fourth-order valence-electron chi connectivity index (χ4n) is 3.01. The van der Waals surface area contributed by atoms with Crippen molar-refractivity contribution in [3.63, 3.8) is 0 Å². The molecule has 0 aliphatic heterocycles. The van der Waals surface area contributed by atoms with Crippen LogP contribution in [0.3, 0.4) is 0 Å². The number of anilines is 1. The molecule has 1 fully saturated rings. The Morgan fingerprint density at radius 2 is 1.97 bits per heavy atom. The summed E-state index contributed by atoms with van der Waals surface area (Å²) < 4.78 is 0. The van der Waals surface area contributed by atoms with Crippen LogP contribution in [0.4, 0.5) is 5.95 Å². The van der Waals surface area contributed by atoms with Crippen molar-refractivity contribution in [2.45, 2.75) is 26.7 Å². The summed E-state index contributed by atoms with van der Waals surface area (Å²) in [7, 11) is 2.02. The quantitative estimate of drug-likeness (QED) is 0.567. The Labute approximate surface area is 173 Å². The standard InChI is InChI=1S/C23H32N6/c1-16-4-8-19(9-5-16)21(25)22(29(3)13-11-17(2)14-24)20-10-12-26-23(28-20)27-15-18-6-7-18/h4-5,8-12,18H,6-7,13-15,24-25H2,1-3H3,(H,26,27,28)/b17-11+,22-21-. The first kappa shape index (κ1) is 20.9. The molecule has 6 heteroatoms. The summed E-state index contributed by atoms with van der Waals surface area (Å²) in [6.07, 6.45) is 6.48. The van der Waals surface area contributed by atoms with Crippen molar-refractivity contribution in [3.05, 3.63) is 65.0 Å². The molecule has 1 aromatic carbocycles. The van der Waals surface area contributed by atoms with E-state index >= 15 is 0 Å². The van der Waals surface area contributed by atoms with Crippen LogP contribution in [0.25, 0.3) is 11.4 Å². The van der Waals surface area contributed by atoms with E-state index < -0.39 is 0 Å². The van der Waals surface area contributed by atoms with Crippen molar-refractivity contribution >= 4 is 17.3 Å². The number of nitrogens with one attached hydrogen (secondary N) is 1. The second-order valence-electron chi connectivity index (χ2n) is 7.85. The fourth-order valence-corrected chi connectivity index (χ4v) is 3.01. The van der Waals surface area contributed by atoms with Gasteiger partial charge in [-0.15, -0.1) is 0 Å². The van der Waals surface area contributed by atoms with Crippen LogP contribution in [0.1, 0.15) is 36.6 Å². The molecular weight excluding hydrogens is 360 g/mol. The van der Waals surface area contributed by atoms with E-state index in [9.17, 15) is 0 Å². The Morgan fingerprint density at radius 3 is 2.62 bits per heavy atom. The van der Waals surface area contributed by atoms with Crippen LogP contribution in [-0.2, 0) is 0 Å². The molecule has 0 spiro atoms. The Kier molecular flexibility index (Phi) is 6.88. The Hall–Kier alpha value is -2.86. The van der Waals surface area contributed by atoms with Gasteiger partial charge in [-0.25, -0.2) is 9.97 Å². The lowest BCUT2D eigenvalue weighted by Gasteiger charge is -2.24. The summed E-state index contributed by atoms with van der Waals surface area (Å²) in [5.41, 5.74) is 18.1. The van der Waals surface area contributed by atoms with Gasteiger partial charge in [0.05, 0.1) is 17.1 Å². The van der Waals surface area contributed by atoms with E-state index in [0.717, 1.165) is 35.0 Å². The summed E-state index contributed by atoms with van der Waals surface area (Å²) in [4.78, 5) is 11.3. The molecule has 5 N–H and O–H groups in total. The number of hydrogen-bond acceptors (Lipinski definition) is 6. The van der Waals surface area contributed by atoms with Gasteiger partial charge in [0.15, 0.2) is 0 Å². The van der Waals surface area contributed by atoms with Gasteiger partial charge < -0.3 is 21.7 Å². The predicted molar refractivity (Wildman–Crippen MR) is 121 cm³/mol. The number of hydrogen-bond donors (Lipinski definition) is 3. The first-order valence-electron chi connectivity index (χ1n) is 10.2. The molecule has 0 amide bonds. The highest BCUT2D eigenvalue weighted by Gasteiger charge is 2.21. The van der Waals surface area contributed by atoms with Gasteiger partial charge >= 0.3 is 0 Å². The zero-order chi connectivity index (χ0) is 20.8. The van der Waals surface area contributed by atoms with Gasteiger partial charge in [0.25, 0.3) is 0 Å². The zero-order valence-corrected chi connectivity index (χ0v) is 17.7. The van der Waals surface area contributed by atoms with E-state index in [1.165, 1.54) is 18.4 Å². The lowest BCUT2D eigenvalue weighted by Crippen LogP contribution is -2.22. The average Bonchev–Trinajstić information content (AvgIpc) is 3.56. The van der Waals surface area contributed by atoms with Crippen molar-refractivity contribution in [2.24, 2.45) is 17.4 Å². The fraction of sp³-hybridized carbons (Fsp3) is 0.391. The third-order valence-corrected chi connectivity index (χ3v) is 5.18. The van der Waals surface area contributed by atoms with Crippen molar-refractivity contribution < 1.29 is 0 Å². The van der Waals surface area contributed by atoms with E-state index in [2.05, 4.69) is 40.3 Å². The maximum atomic E-state index is 6.66. The van der Waals surface area contributed by atoms with Crippen LogP contribution in [0.5, 0.6) is 0 Å². The largest absolute Gasteiger partial charge is 0.396 e. The summed E-state index contributed by atoms with van der Waals surface area (Å²) in [6.45, 7) is 6.26. The third kappa shape index (κ3) is 5.81. The van der Waals surface area contributed by atoms with E-state index in [0.29, 0.717) is 24.7 Å². The summed E-state index contributed by atoms with van der Waals surface area (Å²) in [5.74, 6) is 1.40. The SMILES string of the molecule is C/C(=C\CN(C)/C(=C(\N)c1ccc(C)cc1)c1ccnc(NCC2CC2)n1)CN. The van der Waals surface area contributed by atoms with Gasteiger partial charge in [-0.2, -0.15) is 0 Å². The second-order valence-corrected chi connectivity index (χ2v) is 7.85. The number of benzene rings is 1. The maximum Gasteiger partial charge on any atom is 0.223 e. The molecule has 6 nitrogen and oxygen atoms in total. The molecule has 154 valence electrons. The minimum absolute atomic E-state index is 0.545. The number of nitrogens with two attached hydrogens (primary N) is 2. The van der Waals surface area contributed by atoms with Crippen LogP contribution < -0.4 is 16.8 Å². The zero-order valence-electron chi connectivity index (χ0n) is 17.7. The van der Waals surface area contributed by atoms with Crippen LogP contribution in [0, 0.1) is 12.8 Å². The minimum Gasteiger partial charge on any atom is -0.396 e. The van der Waals surface area contributed by atoms with Gasteiger partial charge in [0.1, 0.15) is 0 Å².